The van der Waals surface area contributed by atoms with Crippen molar-refractivity contribution in [3.63, 3.8) is 0 Å². The van der Waals surface area contributed by atoms with Crippen LogP contribution in [-0.4, -0.2) is 30.4 Å². The van der Waals surface area contributed by atoms with Crippen LogP contribution in [0.2, 0.25) is 0 Å². The second-order valence-electron chi connectivity index (χ2n) is 4.07. The zero-order valence-corrected chi connectivity index (χ0v) is 13.3. The third-order valence-corrected chi connectivity index (χ3v) is 3.67. The van der Waals surface area contributed by atoms with Crippen LogP contribution in [0.1, 0.15) is 25.0 Å². The van der Waals surface area contributed by atoms with Gasteiger partial charge in [-0.1, -0.05) is 52.9 Å². The highest BCUT2D eigenvalue weighted by atomic mass is 127. The number of ether oxygens (including phenoxy) is 3. The van der Waals surface area contributed by atoms with Gasteiger partial charge in [0.2, 0.25) is 0 Å². The number of halogens is 1. The maximum absolute atomic E-state index is 10.8. The normalized spacial score (nSPS) is 13.8. The standard InChI is InChI=1S/C14H19IO4/c1-11(16)18-10-19-14(8-13(9-15)17-2)12-6-4-3-5-7-12/h3-7,13-14H,8-10H2,1-2H3/t13-,14+/m0/s1. The van der Waals surface area contributed by atoms with Gasteiger partial charge < -0.3 is 14.2 Å². The van der Waals surface area contributed by atoms with Gasteiger partial charge >= 0.3 is 5.97 Å². The first-order chi connectivity index (χ1) is 9.17. The average Bonchev–Trinajstić information content (AvgIpc) is 2.43. The minimum absolute atomic E-state index is 0.0351. The Morgan fingerprint density at radius 1 is 1.32 bits per heavy atom. The number of alkyl halides is 1. The van der Waals surface area contributed by atoms with Crippen molar-refractivity contribution < 1.29 is 19.0 Å². The molecule has 2 atom stereocenters. The first-order valence-corrected chi connectivity index (χ1v) is 7.58. The molecule has 106 valence electrons. The number of carbonyl (C=O) groups excluding carboxylic acids is 1. The van der Waals surface area contributed by atoms with Gasteiger partial charge in [0.1, 0.15) is 0 Å². The fourth-order valence-electron chi connectivity index (χ4n) is 1.63. The number of hydrogen-bond donors (Lipinski definition) is 0. The zero-order valence-electron chi connectivity index (χ0n) is 11.2. The van der Waals surface area contributed by atoms with Crippen molar-refractivity contribution in [3.8, 4) is 0 Å². The lowest BCUT2D eigenvalue weighted by atomic mass is 10.0. The Bertz CT molecular complexity index is 365. The first-order valence-electron chi connectivity index (χ1n) is 6.06. The predicted molar refractivity (Wildman–Crippen MR) is 81.2 cm³/mol. The molecule has 1 aromatic rings. The Labute approximate surface area is 127 Å². The molecule has 0 fully saturated rings. The molecule has 1 aromatic carbocycles. The minimum atomic E-state index is -0.344. The summed E-state index contributed by atoms with van der Waals surface area (Å²) in [7, 11) is 1.69. The molecule has 0 N–H and O–H groups in total. The molecule has 4 nitrogen and oxygen atoms in total. The van der Waals surface area contributed by atoms with E-state index in [1.54, 1.807) is 7.11 Å². The lowest BCUT2D eigenvalue weighted by Gasteiger charge is -2.22. The molecule has 0 saturated heterocycles. The molecule has 1 rings (SSSR count). The summed E-state index contributed by atoms with van der Waals surface area (Å²) in [4.78, 5) is 10.8. The first kappa shape index (κ1) is 16.4. The molecule has 0 radical (unpaired) electrons. The summed E-state index contributed by atoms with van der Waals surface area (Å²) in [6.45, 7) is 1.33. The Morgan fingerprint density at radius 3 is 2.53 bits per heavy atom. The van der Waals surface area contributed by atoms with Crippen LogP contribution in [0.5, 0.6) is 0 Å². The lowest BCUT2D eigenvalue weighted by Crippen LogP contribution is -2.19. The highest BCUT2D eigenvalue weighted by molar-refractivity contribution is 14.1. The van der Waals surface area contributed by atoms with E-state index in [1.165, 1.54) is 6.92 Å². The van der Waals surface area contributed by atoms with Crippen molar-refractivity contribution >= 4 is 28.6 Å². The number of esters is 1. The van der Waals surface area contributed by atoms with Crippen molar-refractivity contribution in [2.45, 2.75) is 25.6 Å². The summed E-state index contributed by atoms with van der Waals surface area (Å²) >= 11 is 2.28. The molecule has 0 aliphatic heterocycles. The van der Waals surface area contributed by atoms with Gasteiger partial charge in [0.15, 0.2) is 6.79 Å². The molecular weight excluding hydrogens is 359 g/mol. The zero-order chi connectivity index (χ0) is 14.1. The van der Waals surface area contributed by atoms with Crippen molar-refractivity contribution in [1.82, 2.24) is 0 Å². The maximum Gasteiger partial charge on any atom is 0.304 e. The molecule has 0 spiro atoms. The Kier molecular flexibility index (Phi) is 8.00. The smallest absolute Gasteiger partial charge is 0.304 e. The van der Waals surface area contributed by atoms with E-state index in [0.29, 0.717) is 0 Å². The van der Waals surface area contributed by atoms with Gasteiger partial charge in [-0.15, -0.1) is 0 Å². The highest BCUT2D eigenvalue weighted by Crippen LogP contribution is 2.24. The van der Waals surface area contributed by atoms with Gasteiger partial charge in [0, 0.05) is 24.9 Å². The van der Waals surface area contributed by atoms with E-state index in [1.807, 2.05) is 30.3 Å². The molecular formula is C14H19IO4. The third-order valence-electron chi connectivity index (χ3n) is 2.69. The Morgan fingerprint density at radius 2 is 2.00 bits per heavy atom. The quantitative estimate of drug-likeness (QED) is 0.302. The van der Waals surface area contributed by atoms with Crippen molar-refractivity contribution in [2.24, 2.45) is 0 Å². The third kappa shape index (κ3) is 6.35. The van der Waals surface area contributed by atoms with Gasteiger partial charge in [0.25, 0.3) is 0 Å². The number of carbonyl (C=O) groups is 1. The van der Waals surface area contributed by atoms with Crippen LogP contribution in [0.3, 0.4) is 0 Å². The van der Waals surface area contributed by atoms with Crippen LogP contribution < -0.4 is 0 Å². The highest BCUT2D eigenvalue weighted by Gasteiger charge is 2.18. The number of methoxy groups -OCH3 is 1. The molecule has 0 amide bonds. The van der Waals surface area contributed by atoms with Crippen molar-refractivity contribution in [3.05, 3.63) is 35.9 Å². The second kappa shape index (κ2) is 9.28. The van der Waals surface area contributed by atoms with Crippen LogP contribution in [0.15, 0.2) is 30.3 Å². The van der Waals surface area contributed by atoms with E-state index in [2.05, 4.69) is 22.6 Å². The topological polar surface area (TPSA) is 44.8 Å². The maximum atomic E-state index is 10.8. The van der Waals surface area contributed by atoms with E-state index in [4.69, 9.17) is 14.2 Å². The fourth-order valence-corrected chi connectivity index (χ4v) is 2.35. The molecule has 19 heavy (non-hydrogen) atoms. The van der Waals surface area contributed by atoms with Gasteiger partial charge in [-0.25, -0.2) is 0 Å². The van der Waals surface area contributed by atoms with Gasteiger partial charge in [-0.3, -0.25) is 4.79 Å². The van der Waals surface area contributed by atoms with Crippen LogP contribution in [0.25, 0.3) is 0 Å². The Hall–Kier alpha value is -0.660. The summed E-state index contributed by atoms with van der Waals surface area (Å²) in [5.41, 5.74) is 1.06. The summed E-state index contributed by atoms with van der Waals surface area (Å²) in [6, 6.07) is 9.88. The second-order valence-corrected chi connectivity index (χ2v) is 4.95. The van der Waals surface area contributed by atoms with Crippen LogP contribution in [0, 0.1) is 0 Å². The van der Waals surface area contributed by atoms with Crippen LogP contribution in [0.4, 0.5) is 0 Å². The van der Waals surface area contributed by atoms with E-state index in [9.17, 15) is 4.79 Å². The fraction of sp³-hybridized carbons (Fsp3) is 0.500. The van der Waals surface area contributed by atoms with Crippen LogP contribution >= 0.6 is 22.6 Å². The van der Waals surface area contributed by atoms with E-state index in [0.717, 1.165) is 16.4 Å². The van der Waals surface area contributed by atoms with E-state index < -0.39 is 0 Å². The molecule has 0 aromatic heterocycles. The molecule has 0 heterocycles. The summed E-state index contributed by atoms with van der Waals surface area (Å²) in [5, 5.41) is 0. The number of rotatable bonds is 8. The van der Waals surface area contributed by atoms with Gasteiger partial charge in [-0.2, -0.15) is 0 Å². The van der Waals surface area contributed by atoms with Crippen molar-refractivity contribution in [2.75, 3.05) is 18.3 Å². The number of hydrogen-bond acceptors (Lipinski definition) is 4. The van der Waals surface area contributed by atoms with Gasteiger partial charge in [-0.05, 0) is 5.56 Å². The average molecular weight is 378 g/mol. The van der Waals surface area contributed by atoms with E-state index >= 15 is 0 Å². The summed E-state index contributed by atoms with van der Waals surface area (Å²) < 4.78 is 16.8. The molecule has 0 saturated carbocycles. The molecule has 0 unspecified atom stereocenters. The predicted octanol–water partition coefficient (Wildman–Crippen LogP) is 3.11. The molecule has 5 heteroatoms. The SMILES string of the molecule is CO[C@H](CI)C[C@@H](OCOC(C)=O)c1ccccc1. The lowest BCUT2D eigenvalue weighted by molar-refractivity contribution is -0.160. The monoisotopic (exact) mass is 378 g/mol. The Balaban J connectivity index is 2.65. The summed E-state index contributed by atoms with van der Waals surface area (Å²) in [5.74, 6) is -0.344. The largest absolute Gasteiger partial charge is 0.439 e. The minimum Gasteiger partial charge on any atom is -0.439 e. The number of benzene rings is 1. The van der Waals surface area contributed by atoms with Crippen LogP contribution in [-0.2, 0) is 19.0 Å². The molecule has 0 aliphatic carbocycles. The van der Waals surface area contributed by atoms with Gasteiger partial charge in [0.05, 0.1) is 12.2 Å². The molecule has 0 bridgehead atoms. The van der Waals surface area contributed by atoms with E-state index in [-0.39, 0.29) is 25.0 Å². The van der Waals surface area contributed by atoms with Crippen molar-refractivity contribution in [1.29, 1.82) is 0 Å². The summed E-state index contributed by atoms with van der Waals surface area (Å²) in [6.07, 6.45) is 0.702. The molecule has 0 aliphatic rings.